The van der Waals surface area contributed by atoms with Gasteiger partial charge >= 0.3 is 6.03 Å². The number of nitrogens with one attached hydrogen (secondary N) is 1. The zero-order chi connectivity index (χ0) is 15.5. The molecule has 0 radical (unpaired) electrons. The highest BCUT2D eigenvalue weighted by Crippen LogP contribution is 2.27. The molecular formula is C18H19FN2O. The first-order valence-corrected chi connectivity index (χ1v) is 7.50. The highest BCUT2D eigenvalue weighted by atomic mass is 19.1. The Balaban J connectivity index is 1.61. The van der Waals surface area contributed by atoms with Crippen LogP contribution < -0.4 is 5.32 Å². The number of likely N-dealkylation sites (tertiary alicyclic amines) is 1. The minimum absolute atomic E-state index is 0.124. The standard InChI is InChI=1S/C18H19FN2O/c1-13-2-4-14(5-3-13)15-10-11-21(12-15)18(22)20-17-8-6-16(19)7-9-17/h2-9,15H,10-12H2,1H3,(H,20,22)/t15-/m0/s1. The van der Waals surface area contributed by atoms with Crippen LogP contribution in [0.25, 0.3) is 0 Å². The lowest BCUT2D eigenvalue weighted by Crippen LogP contribution is -2.32. The molecule has 3 rings (SSSR count). The summed E-state index contributed by atoms with van der Waals surface area (Å²) in [5.41, 5.74) is 3.14. The lowest BCUT2D eigenvalue weighted by Gasteiger charge is -2.17. The summed E-state index contributed by atoms with van der Waals surface area (Å²) in [6.07, 6.45) is 0.972. The van der Waals surface area contributed by atoms with Crippen LogP contribution in [0.2, 0.25) is 0 Å². The number of hydrogen-bond acceptors (Lipinski definition) is 1. The molecule has 3 nitrogen and oxygen atoms in total. The van der Waals surface area contributed by atoms with Gasteiger partial charge in [-0.05, 0) is 43.2 Å². The third-order valence-corrected chi connectivity index (χ3v) is 4.12. The Bertz CT molecular complexity index is 652. The van der Waals surface area contributed by atoms with Crippen LogP contribution in [-0.4, -0.2) is 24.0 Å². The van der Waals surface area contributed by atoms with Crippen molar-refractivity contribution in [1.82, 2.24) is 4.90 Å². The molecule has 2 aromatic rings. The topological polar surface area (TPSA) is 32.3 Å². The van der Waals surface area contributed by atoms with Gasteiger partial charge < -0.3 is 10.2 Å². The monoisotopic (exact) mass is 298 g/mol. The SMILES string of the molecule is Cc1ccc([C@H]2CCN(C(=O)Nc3ccc(F)cc3)C2)cc1. The maximum atomic E-state index is 12.9. The Morgan fingerprint density at radius 3 is 2.50 bits per heavy atom. The van der Waals surface area contributed by atoms with Crippen molar-refractivity contribution in [2.75, 3.05) is 18.4 Å². The summed E-state index contributed by atoms with van der Waals surface area (Å²) in [4.78, 5) is 14.1. The summed E-state index contributed by atoms with van der Waals surface area (Å²) in [7, 11) is 0. The molecule has 1 fully saturated rings. The third kappa shape index (κ3) is 3.27. The number of urea groups is 1. The Morgan fingerprint density at radius 2 is 1.82 bits per heavy atom. The summed E-state index contributed by atoms with van der Waals surface area (Å²) >= 11 is 0. The molecule has 1 heterocycles. The van der Waals surface area contributed by atoms with Crippen molar-refractivity contribution < 1.29 is 9.18 Å². The van der Waals surface area contributed by atoms with E-state index in [0.29, 0.717) is 11.6 Å². The zero-order valence-corrected chi connectivity index (χ0v) is 12.6. The van der Waals surface area contributed by atoms with Crippen molar-refractivity contribution in [1.29, 1.82) is 0 Å². The van der Waals surface area contributed by atoms with Gasteiger partial charge in [0, 0.05) is 24.7 Å². The van der Waals surface area contributed by atoms with E-state index in [1.165, 1.54) is 23.3 Å². The van der Waals surface area contributed by atoms with Crippen LogP contribution in [0.4, 0.5) is 14.9 Å². The zero-order valence-electron chi connectivity index (χ0n) is 12.6. The summed E-state index contributed by atoms with van der Waals surface area (Å²) < 4.78 is 12.9. The van der Waals surface area contributed by atoms with Gasteiger partial charge in [0.1, 0.15) is 5.82 Å². The van der Waals surface area contributed by atoms with Crippen LogP contribution in [-0.2, 0) is 0 Å². The fourth-order valence-corrected chi connectivity index (χ4v) is 2.79. The number of carbonyl (C=O) groups excluding carboxylic acids is 1. The van der Waals surface area contributed by atoms with Gasteiger partial charge in [-0.2, -0.15) is 0 Å². The van der Waals surface area contributed by atoms with Gasteiger partial charge in [0.05, 0.1) is 0 Å². The van der Waals surface area contributed by atoms with Crippen LogP contribution in [0.3, 0.4) is 0 Å². The van der Waals surface area contributed by atoms with Gasteiger partial charge in [-0.1, -0.05) is 29.8 Å². The Morgan fingerprint density at radius 1 is 1.14 bits per heavy atom. The van der Waals surface area contributed by atoms with E-state index < -0.39 is 0 Å². The molecule has 2 aromatic carbocycles. The number of halogens is 1. The Kier molecular flexibility index (Phi) is 4.09. The number of hydrogen-bond donors (Lipinski definition) is 1. The van der Waals surface area contributed by atoms with E-state index in [9.17, 15) is 9.18 Å². The van der Waals surface area contributed by atoms with E-state index in [0.717, 1.165) is 19.5 Å². The van der Waals surface area contributed by atoms with Gasteiger partial charge in [0.2, 0.25) is 0 Å². The van der Waals surface area contributed by atoms with E-state index in [4.69, 9.17) is 0 Å². The van der Waals surface area contributed by atoms with Crippen LogP contribution in [0, 0.1) is 12.7 Å². The summed E-state index contributed by atoms with van der Waals surface area (Å²) in [5, 5.41) is 2.81. The molecule has 1 saturated heterocycles. The van der Waals surface area contributed by atoms with E-state index in [2.05, 4.69) is 36.5 Å². The lowest BCUT2D eigenvalue weighted by atomic mass is 9.98. The molecule has 22 heavy (non-hydrogen) atoms. The molecule has 0 bridgehead atoms. The first-order chi connectivity index (χ1) is 10.6. The maximum absolute atomic E-state index is 12.9. The average Bonchev–Trinajstić information content (AvgIpc) is 3.00. The number of anilines is 1. The van der Waals surface area contributed by atoms with Crippen LogP contribution in [0.1, 0.15) is 23.5 Å². The maximum Gasteiger partial charge on any atom is 0.321 e. The van der Waals surface area contributed by atoms with Gasteiger partial charge in [0.25, 0.3) is 0 Å². The number of benzene rings is 2. The van der Waals surface area contributed by atoms with Gasteiger partial charge in [0.15, 0.2) is 0 Å². The molecule has 0 spiro atoms. The second-order valence-corrected chi connectivity index (χ2v) is 5.78. The quantitative estimate of drug-likeness (QED) is 0.887. The van der Waals surface area contributed by atoms with Crippen molar-refractivity contribution >= 4 is 11.7 Å². The predicted octanol–water partition coefficient (Wildman–Crippen LogP) is 4.16. The number of rotatable bonds is 2. The summed E-state index contributed by atoms with van der Waals surface area (Å²) in [6.45, 7) is 3.53. The number of aryl methyl sites for hydroxylation is 1. The van der Waals surface area contributed by atoms with Crippen molar-refractivity contribution in [3.05, 3.63) is 65.5 Å². The summed E-state index contributed by atoms with van der Waals surface area (Å²) in [5.74, 6) is 0.0816. The second-order valence-electron chi connectivity index (χ2n) is 5.78. The van der Waals surface area contributed by atoms with Crippen molar-refractivity contribution in [3.8, 4) is 0 Å². The fourth-order valence-electron chi connectivity index (χ4n) is 2.79. The molecular weight excluding hydrogens is 279 g/mol. The lowest BCUT2D eigenvalue weighted by molar-refractivity contribution is 0.222. The van der Waals surface area contributed by atoms with Gasteiger partial charge in [-0.3, -0.25) is 0 Å². The summed E-state index contributed by atoms with van der Waals surface area (Å²) in [6, 6.07) is 14.2. The van der Waals surface area contributed by atoms with Gasteiger partial charge in [-0.15, -0.1) is 0 Å². The largest absolute Gasteiger partial charge is 0.324 e. The fraction of sp³-hybridized carbons (Fsp3) is 0.278. The minimum Gasteiger partial charge on any atom is -0.324 e. The first-order valence-electron chi connectivity index (χ1n) is 7.50. The van der Waals surface area contributed by atoms with Crippen LogP contribution >= 0.6 is 0 Å². The van der Waals surface area contributed by atoms with Gasteiger partial charge in [-0.25, -0.2) is 9.18 Å². The normalized spacial score (nSPS) is 17.5. The molecule has 4 heteroatoms. The number of nitrogens with zero attached hydrogens (tertiary/aromatic N) is 1. The van der Waals surface area contributed by atoms with Crippen molar-refractivity contribution in [3.63, 3.8) is 0 Å². The first kappa shape index (κ1) is 14.6. The molecule has 1 N–H and O–H groups in total. The molecule has 0 saturated carbocycles. The van der Waals surface area contributed by atoms with E-state index in [1.54, 1.807) is 12.1 Å². The molecule has 0 aromatic heterocycles. The Labute approximate surface area is 129 Å². The minimum atomic E-state index is -0.307. The molecule has 1 atom stereocenters. The van der Waals surface area contributed by atoms with E-state index >= 15 is 0 Å². The van der Waals surface area contributed by atoms with Crippen molar-refractivity contribution in [2.24, 2.45) is 0 Å². The number of amides is 2. The molecule has 1 aliphatic heterocycles. The van der Waals surface area contributed by atoms with E-state index in [1.807, 2.05) is 4.90 Å². The molecule has 2 amide bonds. The molecule has 0 aliphatic carbocycles. The molecule has 1 aliphatic rings. The smallest absolute Gasteiger partial charge is 0.321 e. The molecule has 0 unspecified atom stereocenters. The highest BCUT2D eigenvalue weighted by Gasteiger charge is 2.27. The van der Waals surface area contributed by atoms with Crippen molar-refractivity contribution in [2.45, 2.75) is 19.3 Å². The average molecular weight is 298 g/mol. The number of carbonyl (C=O) groups is 1. The highest BCUT2D eigenvalue weighted by molar-refractivity contribution is 5.89. The predicted molar refractivity (Wildman–Crippen MR) is 85.5 cm³/mol. The van der Waals surface area contributed by atoms with Crippen LogP contribution in [0.5, 0.6) is 0 Å². The van der Waals surface area contributed by atoms with Crippen LogP contribution in [0.15, 0.2) is 48.5 Å². The third-order valence-electron chi connectivity index (χ3n) is 4.12. The second kappa shape index (κ2) is 6.18. The van der Waals surface area contributed by atoms with E-state index in [-0.39, 0.29) is 11.8 Å². The molecule has 114 valence electrons. The Hall–Kier alpha value is -2.36.